The molecule has 0 saturated carbocycles. The molecule has 4 heteroatoms. The minimum absolute atomic E-state index is 1.24. The van der Waals surface area contributed by atoms with Gasteiger partial charge in [0.1, 0.15) is 28.2 Å². The molecule has 18 aromatic carbocycles. The van der Waals surface area contributed by atoms with Crippen molar-refractivity contribution in [2.75, 3.05) is 0 Å². The lowest BCUT2D eigenvalue weighted by Crippen LogP contribution is -2.31. The van der Waals surface area contributed by atoms with Gasteiger partial charge in [-0.05, 0) is 195 Å². The van der Waals surface area contributed by atoms with Crippen molar-refractivity contribution in [3.05, 3.63) is 386 Å². The Morgan fingerprint density at radius 1 is 0.193 bits per heavy atom. The van der Waals surface area contributed by atoms with Crippen LogP contribution in [0.2, 0.25) is 0 Å². The largest absolute Gasteiger partial charge is 0.221 e. The Kier molecular flexibility index (Phi) is 17.8. The number of pyridine rings is 4. The molecule has 4 nitrogen and oxygen atoms in total. The highest BCUT2D eigenvalue weighted by Crippen LogP contribution is 2.44. The molecule has 114 heavy (non-hydrogen) atoms. The molecule has 0 radical (unpaired) electrons. The zero-order valence-corrected chi connectivity index (χ0v) is 66.3. The zero-order valence-electron chi connectivity index (χ0n) is 66.3. The van der Waals surface area contributed by atoms with Crippen LogP contribution >= 0.6 is 0 Å². The maximum Gasteiger partial charge on any atom is 0.221 e. The van der Waals surface area contributed by atoms with Crippen LogP contribution in [0.15, 0.2) is 352 Å². The SMILES string of the molecule is Cc1cc(C)c(C)c(-c2c3c4ccccc4c4ccccc4c3cc[n+]2C)c1.Cc1cc2ccccc2cc1-c1cc2c3ccccc3c3ccccc3c2c[n+]1C.Cc1ccc2ccccc2c1-c1cc2c3ccccc3c3ccccc3c2c[n+]1C.Cc1ccccc1-c1c2c3ccccc3c3ccccc3c2cc[n+]1C. The molecule has 4 aromatic heterocycles. The van der Waals surface area contributed by atoms with E-state index in [1.54, 1.807) is 0 Å². The van der Waals surface area contributed by atoms with Crippen molar-refractivity contribution in [2.24, 2.45) is 28.2 Å². The Labute approximate surface area is 665 Å². The lowest BCUT2D eigenvalue weighted by atomic mass is 9.89. The van der Waals surface area contributed by atoms with Crippen LogP contribution in [-0.4, -0.2) is 0 Å². The van der Waals surface area contributed by atoms with Gasteiger partial charge in [0.25, 0.3) is 0 Å². The summed E-state index contributed by atoms with van der Waals surface area (Å²) in [5.74, 6) is 0. The molecule has 0 atom stereocenters. The van der Waals surface area contributed by atoms with Gasteiger partial charge >= 0.3 is 0 Å². The molecule has 22 rings (SSSR count). The predicted octanol–water partition coefficient (Wildman–Crippen LogP) is 26.7. The van der Waals surface area contributed by atoms with Crippen LogP contribution in [0.3, 0.4) is 0 Å². The van der Waals surface area contributed by atoms with Gasteiger partial charge in [0.05, 0.1) is 32.7 Å². The average Bonchev–Trinajstić information content (AvgIpc) is 0.741. The van der Waals surface area contributed by atoms with E-state index < -0.39 is 0 Å². The van der Waals surface area contributed by atoms with Gasteiger partial charge in [0.15, 0.2) is 24.8 Å². The number of benzene rings is 18. The maximum atomic E-state index is 2.39. The topological polar surface area (TPSA) is 15.5 Å². The fourth-order valence-electron chi connectivity index (χ4n) is 18.7. The highest BCUT2D eigenvalue weighted by molar-refractivity contribution is 6.30. The van der Waals surface area contributed by atoms with Gasteiger partial charge in [-0.15, -0.1) is 0 Å². The molecule has 0 aliphatic rings. The molecule has 0 bridgehead atoms. The molecule has 0 aliphatic carbocycles. The van der Waals surface area contributed by atoms with Crippen molar-refractivity contribution < 1.29 is 18.3 Å². The van der Waals surface area contributed by atoms with Crippen LogP contribution in [0.1, 0.15) is 33.4 Å². The highest BCUT2D eigenvalue weighted by Gasteiger charge is 2.26. The van der Waals surface area contributed by atoms with Gasteiger partial charge in [0.2, 0.25) is 22.8 Å². The predicted molar refractivity (Wildman–Crippen MR) is 486 cm³/mol. The minimum Gasteiger partial charge on any atom is -0.200 e. The van der Waals surface area contributed by atoms with E-state index >= 15 is 0 Å². The van der Waals surface area contributed by atoms with Gasteiger partial charge in [-0.3, -0.25) is 0 Å². The third-order valence-corrected chi connectivity index (χ3v) is 24.3. The Morgan fingerprint density at radius 3 is 0.974 bits per heavy atom. The van der Waals surface area contributed by atoms with E-state index in [0.29, 0.717) is 0 Å². The minimum atomic E-state index is 1.24. The monoisotopic (exact) mass is 1460 g/mol. The van der Waals surface area contributed by atoms with Crippen LogP contribution in [0, 0.1) is 41.5 Å². The number of hydrogen-bond acceptors (Lipinski definition) is 0. The molecule has 0 aliphatic heterocycles. The summed E-state index contributed by atoms with van der Waals surface area (Å²) >= 11 is 0. The molecule has 0 spiro atoms. The summed E-state index contributed by atoms with van der Waals surface area (Å²) in [4.78, 5) is 0. The van der Waals surface area contributed by atoms with E-state index in [4.69, 9.17) is 0 Å². The van der Waals surface area contributed by atoms with Crippen LogP contribution in [0.5, 0.6) is 0 Å². The van der Waals surface area contributed by atoms with Crippen molar-refractivity contribution >= 4 is 151 Å². The van der Waals surface area contributed by atoms with E-state index in [1.165, 1.54) is 229 Å². The number of fused-ring (bicyclic) bond motifs is 26. The van der Waals surface area contributed by atoms with Gasteiger partial charge in [-0.1, -0.05) is 291 Å². The zero-order chi connectivity index (χ0) is 77.6. The fraction of sp³-hybridized carbons (Fsp3) is 0.0909. The van der Waals surface area contributed by atoms with Gasteiger partial charge in [-0.25, -0.2) is 18.3 Å². The highest BCUT2D eigenvalue weighted by atomic mass is 14.9. The quantitative estimate of drug-likeness (QED) is 0.123. The van der Waals surface area contributed by atoms with Crippen molar-refractivity contribution in [3.8, 4) is 45.0 Å². The second kappa shape index (κ2) is 28.8. The smallest absolute Gasteiger partial charge is 0.200 e. The Balaban J connectivity index is 0.000000102. The van der Waals surface area contributed by atoms with Crippen LogP contribution in [0.25, 0.3) is 196 Å². The van der Waals surface area contributed by atoms with E-state index in [1.807, 2.05) is 0 Å². The molecule has 0 fully saturated rings. The van der Waals surface area contributed by atoms with Gasteiger partial charge in [0, 0.05) is 56.9 Å². The second-order valence-electron chi connectivity index (χ2n) is 31.2. The summed E-state index contributed by atoms with van der Waals surface area (Å²) in [6.07, 6.45) is 9.00. The summed E-state index contributed by atoms with van der Waals surface area (Å²) in [6.45, 7) is 13.3. The first-order valence-electron chi connectivity index (χ1n) is 39.8. The lowest BCUT2D eigenvalue weighted by molar-refractivity contribution is -0.659. The molecule has 0 saturated heterocycles. The Hall–Kier alpha value is -13.8. The van der Waals surface area contributed by atoms with Crippen molar-refractivity contribution in [2.45, 2.75) is 41.5 Å². The van der Waals surface area contributed by atoms with Crippen LogP contribution in [0.4, 0.5) is 0 Å². The van der Waals surface area contributed by atoms with E-state index in [-0.39, 0.29) is 0 Å². The standard InChI is InChI=1S/2C29H22N.C27H24N.C25H20N/c1-19-15-20-9-3-4-10-21(20)16-26(19)29-17-27-24-13-7-5-11-22(24)23-12-6-8-14-25(23)28(27)18-30(29)2;1-19-15-16-20-9-3-4-10-21(20)29(19)28-17-26-24-13-7-5-11-22(24)23-12-6-8-14-25(23)27(26)18-30(28)2;1-17-15-18(2)19(3)25(16-17)27-26-23-12-8-7-10-21(23)20-9-5-6-11-22(20)24(26)13-14-28(27)4;1-17-9-3-4-10-18(17)25-24-22-14-8-7-12-20(22)19-11-5-6-13-21(19)23(24)15-16-26(25)2/h2*3-18H,1-2H3;5-16H,1-4H3;3-16H,1-2H3/q4*+1. The van der Waals surface area contributed by atoms with E-state index in [9.17, 15) is 0 Å². The third-order valence-electron chi connectivity index (χ3n) is 24.3. The van der Waals surface area contributed by atoms with Gasteiger partial charge < -0.3 is 0 Å². The first-order chi connectivity index (χ1) is 55.7. The molecule has 0 amide bonds. The normalized spacial score (nSPS) is 11.6. The number of aryl methyl sites for hydroxylation is 9. The summed E-state index contributed by atoms with van der Waals surface area (Å²) < 4.78 is 9.11. The summed E-state index contributed by atoms with van der Waals surface area (Å²) in [7, 11) is 8.63. The van der Waals surface area contributed by atoms with Gasteiger partial charge in [-0.2, -0.15) is 0 Å². The molecule has 22 aromatic rings. The Morgan fingerprint density at radius 2 is 0.526 bits per heavy atom. The third kappa shape index (κ3) is 12.0. The number of aromatic nitrogens is 4. The van der Waals surface area contributed by atoms with Crippen molar-refractivity contribution in [3.63, 3.8) is 0 Å². The number of rotatable bonds is 4. The van der Waals surface area contributed by atoms with E-state index in [0.717, 1.165) is 0 Å². The van der Waals surface area contributed by atoms with Crippen LogP contribution < -0.4 is 18.3 Å². The number of nitrogens with zero attached hydrogens (tertiary/aromatic N) is 4. The first kappa shape index (κ1) is 70.6. The molecular formula is C110H88N4+4. The molecule has 4 heterocycles. The summed E-state index contributed by atoms with van der Waals surface area (Å²) in [6, 6.07) is 119. The molecule has 544 valence electrons. The van der Waals surface area contributed by atoms with Crippen molar-refractivity contribution in [1.29, 1.82) is 0 Å². The first-order valence-corrected chi connectivity index (χ1v) is 39.8. The van der Waals surface area contributed by atoms with Crippen LogP contribution in [-0.2, 0) is 28.2 Å². The lowest BCUT2D eigenvalue weighted by Gasteiger charge is -2.15. The Bertz CT molecular complexity index is 7660. The van der Waals surface area contributed by atoms with E-state index in [2.05, 4.69) is 440 Å². The van der Waals surface area contributed by atoms with Crippen molar-refractivity contribution in [1.82, 2.24) is 0 Å². The average molecular weight is 1470 g/mol. The maximum absolute atomic E-state index is 2.39. The molecule has 0 unspecified atom stereocenters. The fourth-order valence-corrected chi connectivity index (χ4v) is 18.7. The summed E-state index contributed by atoms with van der Waals surface area (Å²) in [5.41, 5.74) is 18.2. The molecular weight excluding hydrogens is 1380 g/mol. The summed E-state index contributed by atoms with van der Waals surface area (Å²) in [5, 5.41) is 36.7. The second-order valence-corrected chi connectivity index (χ2v) is 31.2. The molecule has 0 N–H and O–H groups in total. The number of hydrogen-bond donors (Lipinski definition) is 0.